The first-order valence-corrected chi connectivity index (χ1v) is 4.45. The molecule has 1 heterocycles. The largest absolute Gasteiger partial charge is 0.353 e. The monoisotopic (exact) mass is 201 g/mol. The Bertz CT molecular complexity index is 304. The van der Waals surface area contributed by atoms with Crippen molar-refractivity contribution in [2.75, 3.05) is 24.5 Å². The van der Waals surface area contributed by atoms with Gasteiger partial charge in [-0.3, -0.25) is 0 Å². The molecule has 5 heteroatoms. The molecule has 0 saturated heterocycles. The highest BCUT2D eigenvalue weighted by Gasteiger charge is 2.11. The van der Waals surface area contributed by atoms with E-state index >= 15 is 0 Å². The molecule has 0 aliphatic carbocycles. The van der Waals surface area contributed by atoms with Crippen molar-refractivity contribution in [1.29, 1.82) is 0 Å². The molecule has 78 valence electrons. The van der Waals surface area contributed by atoms with E-state index in [9.17, 15) is 8.78 Å². The second-order valence-corrected chi connectivity index (χ2v) is 2.83. The molecule has 0 saturated carbocycles. The third kappa shape index (κ3) is 2.38. The van der Waals surface area contributed by atoms with Crippen LogP contribution in [-0.2, 0) is 0 Å². The predicted octanol–water partition coefficient (Wildman–Crippen LogP) is 1.14. The maximum atomic E-state index is 13.2. The molecule has 0 aliphatic heterocycles. The van der Waals surface area contributed by atoms with Gasteiger partial charge in [0, 0.05) is 25.7 Å². The standard InChI is InChI=1S/C9H13F2N3/c1-2-14(4-3-12)9-8(11)5-7(10)6-13-9/h5-6H,2-4,12H2,1H3. The first-order chi connectivity index (χ1) is 6.69. The summed E-state index contributed by atoms with van der Waals surface area (Å²) in [6, 6.07) is 0.821. The van der Waals surface area contributed by atoms with Gasteiger partial charge in [0.05, 0.1) is 6.20 Å². The zero-order chi connectivity index (χ0) is 10.6. The fourth-order valence-electron chi connectivity index (χ4n) is 1.21. The van der Waals surface area contributed by atoms with Gasteiger partial charge in [-0.1, -0.05) is 0 Å². The normalized spacial score (nSPS) is 10.3. The average Bonchev–Trinajstić information content (AvgIpc) is 2.15. The molecule has 0 aromatic carbocycles. The van der Waals surface area contributed by atoms with E-state index in [1.54, 1.807) is 4.90 Å². The molecule has 1 aromatic heterocycles. The average molecular weight is 201 g/mol. The van der Waals surface area contributed by atoms with E-state index < -0.39 is 11.6 Å². The number of nitrogens with zero attached hydrogens (tertiary/aromatic N) is 2. The number of aromatic nitrogens is 1. The summed E-state index contributed by atoms with van der Waals surface area (Å²) in [6.07, 6.45) is 0.998. The van der Waals surface area contributed by atoms with E-state index in [1.165, 1.54) is 0 Å². The molecule has 0 fully saturated rings. The lowest BCUT2D eigenvalue weighted by Crippen LogP contribution is -2.30. The zero-order valence-corrected chi connectivity index (χ0v) is 8.00. The lowest BCUT2D eigenvalue weighted by Gasteiger charge is -2.21. The number of pyridine rings is 1. The molecular formula is C9H13F2N3. The summed E-state index contributed by atoms with van der Waals surface area (Å²) in [5.74, 6) is -1.17. The van der Waals surface area contributed by atoms with Gasteiger partial charge in [0.2, 0.25) is 0 Å². The molecule has 0 amide bonds. The first-order valence-electron chi connectivity index (χ1n) is 4.45. The van der Waals surface area contributed by atoms with Crippen molar-refractivity contribution in [3.63, 3.8) is 0 Å². The van der Waals surface area contributed by atoms with Gasteiger partial charge in [-0.25, -0.2) is 13.8 Å². The highest BCUT2D eigenvalue weighted by molar-refractivity contribution is 5.39. The van der Waals surface area contributed by atoms with Crippen LogP contribution in [0.25, 0.3) is 0 Å². The third-order valence-corrected chi connectivity index (χ3v) is 1.87. The molecule has 1 aromatic rings. The first kappa shape index (κ1) is 10.8. The molecule has 0 spiro atoms. The van der Waals surface area contributed by atoms with Gasteiger partial charge >= 0.3 is 0 Å². The summed E-state index contributed by atoms with van der Waals surface area (Å²) < 4.78 is 25.8. The zero-order valence-electron chi connectivity index (χ0n) is 8.00. The minimum absolute atomic E-state index is 0.152. The van der Waals surface area contributed by atoms with Crippen molar-refractivity contribution in [3.05, 3.63) is 23.9 Å². The SMILES string of the molecule is CCN(CCN)c1ncc(F)cc1F. The lowest BCUT2D eigenvalue weighted by molar-refractivity contribution is 0.567. The smallest absolute Gasteiger partial charge is 0.168 e. The van der Waals surface area contributed by atoms with Gasteiger partial charge in [-0.05, 0) is 6.92 Å². The topological polar surface area (TPSA) is 42.1 Å². The predicted molar refractivity (Wildman–Crippen MR) is 51.1 cm³/mol. The van der Waals surface area contributed by atoms with Crippen molar-refractivity contribution >= 4 is 5.82 Å². The molecule has 14 heavy (non-hydrogen) atoms. The minimum atomic E-state index is -0.671. The Morgan fingerprint density at radius 1 is 1.50 bits per heavy atom. The summed E-state index contributed by atoms with van der Waals surface area (Å²) in [5, 5.41) is 0. The number of likely N-dealkylation sites (N-methyl/N-ethyl adjacent to an activating group) is 1. The fourth-order valence-corrected chi connectivity index (χ4v) is 1.21. The Hall–Kier alpha value is -1.23. The van der Waals surface area contributed by atoms with Gasteiger partial charge in [0.25, 0.3) is 0 Å². The summed E-state index contributed by atoms with van der Waals surface area (Å²) >= 11 is 0. The van der Waals surface area contributed by atoms with Gasteiger partial charge in [0.1, 0.15) is 5.82 Å². The van der Waals surface area contributed by atoms with E-state index in [1.807, 2.05) is 6.92 Å². The molecule has 0 radical (unpaired) electrons. The maximum absolute atomic E-state index is 13.2. The molecular weight excluding hydrogens is 188 g/mol. The van der Waals surface area contributed by atoms with Crippen molar-refractivity contribution < 1.29 is 8.78 Å². The number of halogens is 2. The summed E-state index contributed by atoms with van der Waals surface area (Å²) in [7, 11) is 0. The molecule has 0 unspecified atom stereocenters. The Kier molecular flexibility index (Phi) is 3.76. The highest BCUT2D eigenvalue weighted by Crippen LogP contribution is 2.15. The van der Waals surface area contributed by atoms with E-state index in [4.69, 9.17) is 5.73 Å². The van der Waals surface area contributed by atoms with Gasteiger partial charge < -0.3 is 10.6 Å². The van der Waals surface area contributed by atoms with Crippen molar-refractivity contribution in [3.8, 4) is 0 Å². The maximum Gasteiger partial charge on any atom is 0.168 e. The van der Waals surface area contributed by atoms with Crippen molar-refractivity contribution in [1.82, 2.24) is 4.98 Å². The Morgan fingerprint density at radius 3 is 2.71 bits per heavy atom. The van der Waals surface area contributed by atoms with Crippen LogP contribution in [0.5, 0.6) is 0 Å². The highest BCUT2D eigenvalue weighted by atomic mass is 19.1. The van der Waals surface area contributed by atoms with Crippen LogP contribution in [0, 0.1) is 11.6 Å². The number of hydrogen-bond donors (Lipinski definition) is 1. The molecule has 0 bridgehead atoms. The molecule has 0 aliphatic rings. The van der Waals surface area contributed by atoms with E-state index in [0.717, 1.165) is 12.3 Å². The number of hydrogen-bond acceptors (Lipinski definition) is 3. The number of rotatable bonds is 4. The molecule has 0 atom stereocenters. The Labute approximate surface area is 81.5 Å². The molecule has 3 nitrogen and oxygen atoms in total. The Balaban J connectivity index is 2.92. The van der Waals surface area contributed by atoms with Crippen molar-refractivity contribution in [2.24, 2.45) is 5.73 Å². The van der Waals surface area contributed by atoms with Crippen LogP contribution in [0.3, 0.4) is 0 Å². The minimum Gasteiger partial charge on any atom is -0.353 e. The van der Waals surface area contributed by atoms with Crippen LogP contribution >= 0.6 is 0 Å². The van der Waals surface area contributed by atoms with Gasteiger partial charge in [-0.2, -0.15) is 0 Å². The van der Waals surface area contributed by atoms with Crippen molar-refractivity contribution in [2.45, 2.75) is 6.92 Å². The fraction of sp³-hybridized carbons (Fsp3) is 0.444. The lowest BCUT2D eigenvalue weighted by atomic mass is 10.4. The molecule has 1 rings (SSSR count). The Morgan fingerprint density at radius 2 is 2.21 bits per heavy atom. The van der Waals surface area contributed by atoms with E-state index in [2.05, 4.69) is 4.98 Å². The quantitative estimate of drug-likeness (QED) is 0.794. The number of anilines is 1. The molecule has 2 N–H and O–H groups in total. The number of nitrogens with two attached hydrogens (primary N) is 1. The third-order valence-electron chi connectivity index (χ3n) is 1.87. The van der Waals surface area contributed by atoms with Crippen LogP contribution in [0.1, 0.15) is 6.92 Å². The van der Waals surface area contributed by atoms with Gasteiger partial charge in [0.15, 0.2) is 11.6 Å². The van der Waals surface area contributed by atoms with Crippen LogP contribution < -0.4 is 10.6 Å². The summed E-state index contributed by atoms with van der Waals surface area (Å²) in [5.41, 5.74) is 5.36. The van der Waals surface area contributed by atoms with Crippen LogP contribution in [0.2, 0.25) is 0 Å². The second-order valence-electron chi connectivity index (χ2n) is 2.83. The van der Waals surface area contributed by atoms with Gasteiger partial charge in [-0.15, -0.1) is 0 Å². The van der Waals surface area contributed by atoms with Crippen LogP contribution in [0.15, 0.2) is 12.3 Å². The summed E-state index contributed by atoms with van der Waals surface area (Å²) in [4.78, 5) is 5.35. The van der Waals surface area contributed by atoms with E-state index in [-0.39, 0.29) is 5.82 Å². The van der Waals surface area contributed by atoms with E-state index in [0.29, 0.717) is 19.6 Å². The van der Waals surface area contributed by atoms with Crippen LogP contribution in [-0.4, -0.2) is 24.6 Å². The summed E-state index contributed by atoms with van der Waals surface area (Å²) in [6.45, 7) is 3.37. The second kappa shape index (κ2) is 4.85. The van der Waals surface area contributed by atoms with Crippen LogP contribution in [0.4, 0.5) is 14.6 Å².